The van der Waals surface area contributed by atoms with Gasteiger partial charge in [-0.1, -0.05) is 30.3 Å². The van der Waals surface area contributed by atoms with Crippen LogP contribution in [0.15, 0.2) is 71.6 Å². The molecule has 12 heteroatoms. The lowest BCUT2D eigenvalue weighted by atomic mass is 10.1. The van der Waals surface area contributed by atoms with Crippen LogP contribution >= 0.6 is 0 Å². The number of hydrogen-bond donors (Lipinski definition) is 4. The average Bonchev–Trinajstić information content (AvgIpc) is 2.95. The highest BCUT2D eigenvalue weighted by molar-refractivity contribution is 7.89. The minimum atomic E-state index is -3.98. The largest absolute Gasteiger partial charge is 0.508 e. The number of aliphatic hydroxyl groups excluding tert-OH is 2. The van der Waals surface area contributed by atoms with E-state index in [9.17, 15) is 28.5 Å². The number of carbonyl (C=O) groups is 1. The molecule has 0 heterocycles. The Kier molecular flexibility index (Phi) is 12.1. The molecule has 0 aliphatic heterocycles. The van der Waals surface area contributed by atoms with Crippen LogP contribution in [0.5, 0.6) is 11.5 Å². The zero-order valence-electron chi connectivity index (χ0n) is 23.0. The first-order chi connectivity index (χ1) is 19.6. The Balaban J connectivity index is 1.35. The molecular weight excluding hydrogens is 552 g/mol. The van der Waals surface area contributed by atoms with Crippen molar-refractivity contribution in [3.63, 3.8) is 0 Å². The van der Waals surface area contributed by atoms with Crippen LogP contribution in [-0.2, 0) is 44.0 Å². The van der Waals surface area contributed by atoms with Crippen molar-refractivity contribution in [2.24, 2.45) is 0 Å². The van der Waals surface area contributed by atoms with Crippen molar-refractivity contribution in [1.29, 1.82) is 0 Å². The van der Waals surface area contributed by atoms with Crippen molar-refractivity contribution in [3.8, 4) is 11.5 Å². The number of ether oxygens (including phenoxy) is 2. The molecule has 1 atom stereocenters. The van der Waals surface area contributed by atoms with E-state index in [0.717, 1.165) is 26.0 Å². The monoisotopic (exact) mass is 588 g/mol. The fraction of sp³-hybridized carbons (Fsp3) is 0.345. The Bertz CT molecular complexity index is 1380. The molecule has 0 aromatic heterocycles. The number of sulfonamides is 1. The second kappa shape index (κ2) is 15.5. The van der Waals surface area contributed by atoms with Crippen LogP contribution in [0.1, 0.15) is 35.3 Å². The van der Waals surface area contributed by atoms with Crippen LogP contribution in [0.2, 0.25) is 0 Å². The van der Waals surface area contributed by atoms with E-state index in [-0.39, 0.29) is 23.9 Å². The maximum atomic E-state index is 12.5. The smallest absolute Gasteiger partial charge is 0.323 e. The Morgan fingerprint density at radius 2 is 1.78 bits per heavy atom. The quantitative estimate of drug-likeness (QED) is 0.145. The number of nitrogens with zero attached hydrogens (tertiary/aromatic N) is 1. The number of hydroxylamine groups is 1. The lowest BCUT2D eigenvalue weighted by Crippen LogP contribution is -2.29. The fourth-order valence-electron chi connectivity index (χ4n) is 3.86. The number of rotatable bonds is 16. The number of hydrogen-bond acceptors (Lipinski definition) is 10. The van der Waals surface area contributed by atoms with E-state index in [1.54, 1.807) is 24.3 Å². The minimum absolute atomic E-state index is 0.000428. The van der Waals surface area contributed by atoms with Gasteiger partial charge < -0.3 is 34.9 Å². The van der Waals surface area contributed by atoms with E-state index < -0.39 is 22.1 Å². The molecule has 0 bridgehead atoms. The third-order valence-electron chi connectivity index (χ3n) is 6.07. The molecule has 0 aliphatic carbocycles. The number of carbonyl (C=O) groups excluding carboxylic acids is 1. The van der Waals surface area contributed by atoms with Gasteiger partial charge in [0.25, 0.3) is 10.0 Å². The van der Waals surface area contributed by atoms with Crippen molar-refractivity contribution in [3.05, 3.63) is 89.0 Å². The zero-order chi connectivity index (χ0) is 29.8. The topological polar surface area (TPSA) is 155 Å². The summed E-state index contributed by atoms with van der Waals surface area (Å²) in [6.07, 6.45) is -0.0103. The summed E-state index contributed by atoms with van der Waals surface area (Å²) in [5.41, 5.74) is 2.73. The standard InChI is InChI=1S/C29H36N2O9S/c1-21(33)40-31(2)41(36,37)27-5-3-4-23(16-27)20-38-14-15-39-26-9-6-22(7-10-26)12-13-30-18-29(35)24-8-11-28(34)25(17-24)19-32/h3-11,16-17,29-30,32,34-35H,12-15,18-20H2,1-2H3/t29-/m1/s1. The third-order valence-corrected chi connectivity index (χ3v) is 7.67. The molecule has 0 radical (unpaired) electrons. The molecule has 222 valence electrons. The van der Waals surface area contributed by atoms with E-state index in [1.165, 1.54) is 18.2 Å². The Morgan fingerprint density at radius 3 is 2.49 bits per heavy atom. The van der Waals surface area contributed by atoms with Gasteiger partial charge in [0.2, 0.25) is 0 Å². The first kappa shape index (κ1) is 32.0. The van der Waals surface area contributed by atoms with E-state index in [1.807, 2.05) is 24.3 Å². The van der Waals surface area contributed by atoms with Crippen LogP contribution in [0.3, 0.4) is 0 Å². The summed E-state index contributed by atoms with van der Waals surface area (Å²) in [6, 6.07) is 18.5. The van der Waals surface area contributed by atoms with Crippen molar-refractivity contribution in [2.45, 2.75) is 37.6 Å². The Labute approximate surface area is 239 Å². The molecule has 0 saturated carbocycles. The van der Waals surface area contributed by atoms with Crippen LogP contribution < -0.4 is 10.1 Å². The maximum absolute atomic E-state index is 12.5. The summed E-state index contributed by atoms with van der Waals surface area (Å²) >= 11 is 0. The first-order valence-corrected chi connectivity index (χ1v) is 14.4. The molecule has 0 amide bonds. The summed E-state index contributed by atoms with van der Waals surface area (Å²) in [5, 5.41) is 32.5. The van der Waals surface area contributed by atoms with E-state index in [0.29, 0.717) is 53.2 Å². The lowest BCUT2D eigenvalue weighted by Gasteiger charge is -2.15. The van der Waals surface area contributed by atoms with Crippen molar-refractivity contribution in [2.75, 3.05) is 33.4 Å². The van der Waals surface area contributed by atoms with Crippen LogP contribution in [0.4, 0.5) is 0 Å². The maximum Gasteiger partial charge on any atom is 0.323 e. The van der Waals surface area contributed by atoms with E-state index in [2.05, 4.69) is 10.2 Å². The minimum Gasteiger partial charge on any atom is -0.508 e. The molecule has 0 saturated heterocycles. The molecule has 11 nitrogen and oxygen atoms in total. The van der Waals surface area contributed by atoms with Crippen LogP contribution in [0, 0.1) is 0 Å². The van der Waals surface area contributed by atoms with Gasteiger partial charge in [0.15, 0.2) is 0 Å². The zero-order valence-corrected chi connectivity index (χ0v) is 23.8. The number of aliphatic hydroxyl groups is 2. The second-order valence-corrected chi connectivity index (χ2v) is 11.1. The van der Waals surface area contributed by atoms with E-state index >= 15 is 0 Å². The normalized spacial score (nSPS) is 12.3. The van der Waals surface area contributed by atoms with Gasteiger partial charge in [-0.3, -0.25) is 4.79 Å². The molecule has 0 spiro atoms. The highest BCUT2D eigenvalue weighted by atomic mass is 32.2. The molecule has 0 unspecified atom stereocenters. The Morgan fingerprint density at radius 1 is 1.02 bits per heavy atom. The number of benzene rings is 3. The molecule has 3 rings (SSSR count). The van der Waals surface area contributed by atoms with Gasteiger partial charge in [-0.05, 0) is 70.5 Å². The summed E-state index contributed by atoms with van der Waals surface area (Å²) in [5.74, 6) is -0.0464. The summed E-state index contributed by atoms with van der Waals surface area (Å²) in [6.45, 7) is 2.59. The summed E-state index contributed by atoms with van der Waals surface area (Å²) < 4.78 is 36.9. The fourth-order valence-corrected chi connectivity index (χ4v) is 4.91. The first-order valence-electron chi connectivity index (χ1n) is 13.0. The van der Waals surface area contributed by atoms with Gasteiger partial charge in [-0.25, -0.2) is 8.42 Å². The predicted octanol–water partition coefficient (Wildman–Crippen LogP) is 2.44. The molecule has 41 heavy (non-hydrogen) atoms. The predicted molar refractivity (Wildman–Crippen MR) is 150 cm³/mol. The lowest BCUT2D eigenvalue weighted by molar-refractivity contribution is -0.162. The van der Waals surface area contributed by atoms with Gasteiger partial charge in [0.05, 0.1) is 30.8 Å². The van der Waals surface area contributed by atoms with Gasteiger partial charge in [0, 0.05) is 26.1 Å². The highest BCUT2D eigenvalue weighted by Crippen LogP contribution is 2.22. The number of nitrogens with one attached hydrogen (secondary N) is 1. The molecule has 3 aromatic carbocycles. The van der Waals surface area contributed by atoms with E-state index in [4.69, 9.17) is 9.47 Å². The Hall–Kier alpha value is -3.52. The molecule has 0 fully saturated rings. The molecule has 0 aliphatic rings. The van der Waals surface area contributed by atoms with Gasteiger partial charge in [0.1, 0.15) is 18.1 Å². The van der Waals surface area contributed by atoms with Crippen molar-refractivity contribution >= 4 is 16.0 Å². The van der Waals surface area contributed by atoms with Gasteiger partial charge in [-0.2, -0.15) is 0 Å². The van der Waals surface area contributed by atoms with Crippen molar-refractivity contribution in [1.82, 2.24) is 9.79 Å². The van der Waals surface area contributed by atoms with Gasteiger partial charge in [-0.15, -0.1) is 0 Å². The summed E-state index contributed by atoms with van der Waals surface area (Å²) in [4.78, 5) is 15.7. The second-order valence-electron chi connectivity index (χ2n) is 9.21. The SMILES string of the molecule is CC(=O)ON(C)S(=O)(=O)c1cccc(COCCOc2ccc(CCNC[C@@H](O)c3ccc(O)c(CO)c3)cc2)c1. The van der Waals surface area contributed by atoms with Gasteiger partial charge >= 0.3 is 5.97 Å². The average molecular weight is 589 g/mol. The molecule has 4 N–H and O–H groups in total. The molecular formula is C29H36N2O9S. The third kappa shape index (κ3) is 9.81. The molecule has 3 aromatic rings. The number of aromatic hydroxyl groups is 1. The summed E-state index contributed by atoms with van der Waals surface area (Å²) in [7, 11) is -2.82. The highest BCUT2D eigenvalue weighted by Gasteiger charge is 2.23. The number of phenols is 1. The van der Waals surface area contributed by atoms with Crippen LogP contribution in [-0.4, -0.2) is 67.5 Å². The van der Waals surface area contributed by atoms with Crippen molar-refractivity contribution < 1.29 is 42.8 Å². The van der Waals surface area contributed by atoms with Crippen LogP contribution in [0.25, 0.3) is 0 Å².